The minimum absolute atomic E-state index is 0.544. The van der Waals surface area contributed by atoms with Crippen LogP contribution < -0.4 is 0 Å². The van der Waals surface area contributed by atoms with Crippen LogP contribution in [-0.4, -0.2) is 19.8 Å². The summed E-state index contributed by atoms with van der Waals surface area (Å²) in [7, 11) is 0. The van der Waals surface area contributed by atoms with Crippen molar-refractivity contribution < 1.29 is 4.42 Å². The molecule has 0 saturated carbocycles. The molecule has 0 fully saturated rings. The van der Waals surface area contributed by atoms with Gasteiger partial charge in [-0.25, -0.2) is 0 Å². The van der Waals surface area contributed by atoms with E-state index in [0.717, 1.165) is 26.9 Å². The third-order valence-corrected chi connectivity index (χ3v) is 4.99. The van der Waals surface area contributed by atoms with Gasteiger partial charge in [-0.15, -0.1) is 10.2 Å². The van der Waals surface area contributed by atoms with E-state index >= 15 is 0 Å². The molecule has 4 aromatic rings. The van der Waals surface area contributed by atoms with E-state index in [4.69, 9.17) is 4.42 Å². The number of aryl methyl sites for hydroxylation is 1. The average molecular weight is 350 g/mol. The van der Waals surface area contributed by atoms with Crippen LogP contribution in [-0.2, 0) is 0 Å². The molecule has 0 aliphatic heterocycles. The summed E-state index contributed by atoms with van der Waals surface area (Å²) in [6.07, 6.45) is 5.73. The largest absolute Gasteiger partial charge is 0.469 e. The van der Waals surface area contributed by atoms with Crippen molar-refractivity contribution in [3.8, 4) is 11.4 Å². The standard InChI is InChI=1S/C19H18N4OS/c1-12(2)15-7-4-14(5-8-15)6-9-17-22-23-18(20-21-19(23)25-17)16-10-11-24-13(16)3/h4-12H,1-3H3. The molecule has 3 aromatic heterocycles. The zero-order valence-corrected chi connectivity index (χ0v) is 15.1. The van der Waals surface area contributed by atoms with Crippen LogP contribution in [0.25, 0.3) is 28.5 Å². The molecule has 0 spiro atoms. The van der Waals surface area contributed by atoms with Crippen molar-refractivity contribution in [2.45, 2.75) is 26.7 Å². The third kappa shape index (κ3) is 3.00. The first kappa shape index (κ1) is 15.8. The molecule has 0 saturated heterocycles. The Bertz CT molecular complexity index is 1040. The number of nitrogens with zero attached hydrogens (tertiary/aromatic N) is 4. The molecule has 0 radical (unpaired) electrons. The van der Waals surface area contributed by atoms with Gasteiger partial charge in [0, 0.05) is 0 Å². The number of hydrogen-bond acceptors (Lipinski definition) is 5. The first-order chi connectivity index (χ1) is 12.1. The fraction of sp³-hybridized carbons (Fsp3) is 0.211. The minimum atomic E-state index is 0.544. The maximum atomic E-state index is 5.36. The second kappa shape index (κ2) is 6.29. The Kier molecular flexibility index (Phi) is 3.97. The first-order valence-corrected chi connectivity index (χ1v) is 8.98. The van der Waals surface area contributed by atoms with Crippen LogP contribution in [0.5, 0.6) is 0 Å². The van der Waals surface area contributed by atoms with E-state index in [1.165, 1.54) is 16.9 Å². The van der Waals surface area contributed by atoms with Gasteiger partial charge in [0.25, 0.3) is 0 Å². The van der Waals surface area contributed by atoms with Crippen molar-refractivity contribution >= 4 is 28.4 Å². The summed E-state index contributed by atoms with van der Waals surface area (Å²) in [4.78, 5) is 0.769. The fourth-order valence-electron chi connectivity index (χ4n) is 2.64. The van der Waals surface area contributed by atoms with Crippen LogP contribution in [0.3, 0.4) is 0 Å². The van der Waals surface area contributed by atoms with E-state index in [-0.39, 0.29) is 0 Å². The van der Waals surface area contributed by atoms with Gasteiger partial charge < -0.3 is 4.42 Å². The van der Waals surface area contributed by atoms with Gasteiger partial charge >= 0.3 is 0 Å². The lowest BCUT2D eigenvalue weighted by Gasteiger charge is -2.04. The van der Waals surface area contributed by atoms with E-state index in [1.807, 2.05) is 19.1 Å². The summed E-state index contributed by atoms with van der Waals surface area (Å²) in [5.74, 6) is 2.06. The fourth-order valence-corrected chi connectivity index (χ4v) is 3.38. The zero-order chi connectivity index (χ0) is 17.4. The number of fused-ring (bicyclic) bond motifs is 1. The van der Waals surface area contributed by atoms with Crippen molar-refractivity contribution in [3.05, 3.63) is 58.5 Å². The van der Waals surface area contributed by atoms with E-state index in [0.29, 0.717) is 11.7 Å². The van der Waals surface area contributed by atoms with Crippen molar-refractivity contribution in [3.63, 3.8) is 0 Å². The first-order valence-electron chi connectivity index (χ1n) is 8.16. The lowest BCUT2D eigenvalue weighted by Crippen LogP contribution is -1.90. The molecule has 3 heterocycles. The van der Waals surface area contributed by atoms with Crippen LogP contribution >= 0.6 is 11.3 Å². The Labute approximate surface area is 149 Å². The number of aromatic nitrogens is 4. The second-order valence-electron chi connectivity index (χ2n) is 6.20. The van der Waals surface area contributed by atoms with Crippen molar-refractivity contribution in [1.82, 2.24) is 19.8 Å². The van der Waals surface area contributed by atoms with Crippen LogP contribution in [0, 0.1) is 6.92 Å². The number of rotatable bonds is 4. The maximum Gasteiger partial charge on any atom is 0.235 e. The molecule has 126 valence electrons. The topological polar surface area (TPSA) is 56.2 Å². The molecular formula is C19H18N4OS. The molecule has 0 aliphatic carbocycles. The molecule has 0 bridgehead atoms. The summed E-state index contributed by atoms with van der Waals surface area (Å²) in [5, 5.41) is 13.9. The van der Waals surface area contributed by atoms with E-state index in [2.05, 4.69) is 59.5 Å². The Morgan fingerprint density at radius 1 is 1.08 bits per heavy atom. The molecule has 0 atom stereocenters. The SMILES string of the molecule is Cc1occc1-c1nnc2sc(C=Cc3ccc(C(C)C)cc3)nn12. The highest BCUT2D eigenvalue weighted by Gasteiger charge is 2.15. The smallest absolute Gasteiger partial charge is 0.235 e. The average Bonchev–Trinajstić information content (AvgIpc) is 3.29. The molecule has 1 aromatic carbocycles. The predicted octanol–water partition coefficient (Wildman–Crippen LogP) is 5.05. The van der Waals surface area contributed by atoms with E-state index in [9.17, 15) is 0 Å². The highest BCUT2D eigenvalue weighted by atomic mass is 32.1. The van der Waals surface area contributed by atoms with Gasteiger partial charge in [-0.05, 0) is 36.1 Å². The van der Waals surface area contributed by atoms with Gasteiger partial charge in [0.1, 0.15) is 10.8 Å². The zero-order valence-electron chi connectivity index (χ0n) is 14.3. The maximum absolute atomic E-state index is 5.36. The Morgan fingerprint density at radius 3 is 2.56 bits per heavy atom. The summed E-state index contributed by atoms with van der Waals surface area (Å²) in [6, 6.07) is 10.5. The van der Waals surface area contributed by atoms with Crippen LogP contribution in [0.15, 0.2) is 41.0 Å². The Balaban J connectivity index is 1.62. The van der Waals surface area contributed by atoms with Crippen molar-refractivity contribution in [1.29, 1.82) is 0 Å². The van der Waals surface area contributed by atoms with Gasteiger partial charge in [0.05, 0.1) is 11.8 Å². The molecule has 0 unspecified atom stereocenters. The third-order valence-electron chi connectivity index (χ3n) is 4.13. The summed E-state index contributed by atoms with van der Waals surface area (Å²) >= 11 is 1.51. The lowest BCUT2D eigenvalue weighted by molar-refractivity contribution is 0.535. The van der Waals surface area contributed by atoms with Gasteiger partial charge in [0.2, 0.25) is 4.96 Å². The van der Waals surface area contributed by atoms with Gasteiger partial charge in [-0.1, -0.05) is 55.5 Å². The normalized spacial score (nSPS) is 12.0. The molecule has 0 amide bonds. The van der Waals surface area contributed by atoms with Crippen molar-refractivity contribution in [2.24, 2.45) is 0 Å². The quantitative estimate of drug-likeness (QED) is 0.517. The Hall–Kier alpha value is -2.73. The summed E-state index contributed by atoms with van der Waals surface area (Å²) < 4.78 is 7.12. The lowest BCUT2D eigenvalue weighted by atomic mass is 10.0. The number of benzene rings is 1. The summed E-state index contributed by atoms with van der Waals surface area (Å²) in [6.45, 7) is 6.30. The number of hydrogen-bond donors (Lipinski definition) is 0. The second-order valence-corrected chi connectivity index (χ2v) is 7.19. The van der Waals surface area contributed by atoms with Gasteiger partial charge in [-0.3, -0.25) is 0 Å². The molecule has 4 rings (SSSR count). The molecule has 6 heteroatoms. The number of furan rings is 1. The molecule has 0 N–H and O–H groups in total. The monoisotopic (exact) mass is 350 g/mol. The van der Waals surface area contributed by atoms with E-state index < -0.39 is 0 Å². The predicted molar refractivity (Wildman–Crippen MR) is 101 cm³/mol. The van der Waals surface area contributed by atoms with Crippen LogP contribution in [0.4, 0.5) is 0 Å². The van der Waals surface area contributed by atoms with E-state index in [1.54, 1.807) is 10.8 Å². The highest BCUT2D eigenvalue weighted by molar-refractivity contribution is 7.17. The minimum Gasteiger partial charge on any atom is -0.469 e. The highest BCUT2D eigenvalue weighted by Crippen LogP contribution is 2.25. The summed E-state index contributed by atoms with van der Waals surface area (Å²) in [5.41, 5.74) is 3.41. The molecule has 5 nitrogen and oxygen atoms in total. The van der Waals surface area contributed by atoms with Crippen molar-refractivity contribution in [2.75, 3.05) is 0 Å². The molecular weight excluding hydrogens is 332 g/mol. The molecule has 25 heavy (non-hydrogen) atoms. The van der Waals surface area contributed by atoms with Crippen LogP contribution in [0.1, 0.15) is 41.7 Å². The van der Waals surface area contributed by atoms with Gasteiger partial charge in [-0.2, -0.15) is 9.61 Å². The van der Waals surface area contributed by atoms with Crippen LogP contribution in [0.2, 0.25) is 0 Å². The Morgan fingerprint density at radius 2 is 1.88 bits per heavy atom. The molecule has 0 aliphatic rings. The van der Waals surface area contributed by atoms with Gasteiger partial charge in [0.15, 0.2) is 5.82 Å².